The Kier molecular flexibility index (Phi) is 1.56. The van der Waals surface area contributed by atoms with Crippen molar-refractivity contribution in [1.29, 1.82) is 5.26 Å². The number of hydrogen-bond donors (Lipinski definition) is 1. The molecule has 0 amide bonds. The van der Waals surface area contributed by atoms with Crippen molar-refractivity contribution in [2.24, 2.45) is 4.99 Å². The van der Waals surface area contributed by atoms with Crippen molar-refractivity contribution in [1.82, 2.24) is 0 Å². The van der Waals surface area contributed by atoms with Gasteiger partial charge >= 0.3 is 0 Å². The average Bonchev–Trinajstić information content (AvgIpc) is 2.49. The minimum absolute atomic E-state index is 0.480. The van der Waals surface area contributed by atoms with E-state index in [1.165, 1.54) is 6.20 Å². The van der Waals surface area contributed by atoms with Crippen LogP contribution >= 0.6 is 0 Å². The molecule has 3 heteroatoms. The molecule has 1 unspecified atom stereocenters. The van der Waals surface area contributed by atoms with Gasteiger partial charge < -0.3 is 5.11 Å². The molecular weight excluding hydrogens is 152 g/mol. The molecule has 1 aliphatic carbocycles. The molecule has 12 heavy (non-hydrogen) atoms. The Morgan fingerprint density at radius 3 is 3.25 bits per heavy atom. The van der Waals surface area contributed by atoms with Crippen LogP contribution in [0.3, 0.4) is 0 Å². The first-order chi connectivity index (χ1) is 5.83. The van der Waals surface area contributed by atoms with E-state index in [1.54, 1.807) is 0 Å². The maximum Gasteiger partial charge on any atom is 0.101 e. The van der Waals surface area contributed by atoms with Gasteiger partial charge in [-0.05, 0) is 12.8 Å². The predicted molar refractivity (Wildman–Crippen MR) is 44.5 cm³/mol. The summed E-state index contributed by atoms with van der Waals surface area (Å²) in [5, 5.41) is 18.2. The predicted octanol–water partition coefficient (Wildman–Crippen LogP) is 0.930. The lowest BCUT2D eigenvalue weighted by atomic mass is 9.92. The van der Waals surface area contributed by atoms with Crippen molar-refractivity contribution < 1.29 is 5.11 Å². The van der Waals surface area contributed by atoms with Crippen LogP contribution in [0.5, 0.6) is 0 Å². The Bertz CT molecular complexity index is 344. The zero-order chi connectivity index (χ0) is 8.55. The van der Waals surface area contributed by atoms with Crippen molar-refractivity contribution in [2.45, 2.75) is 18.9 Å². The van der Waals surface area contributed by atoms with E-state index in [2.05, 4.69) is 11.1 Å². The molecule has 0 aromatic rings. The van der Waals surface area contributed by atoms with Gasteiger partial charge in [-0.25, -0.2) is 0 Å². The van der Waals surface area contributed by atoms with Gasteiger partial charge in [0, 0.05) is 11.8 Å². The molecule has 1 N–H and O–H groups in total. The highest BCUT2D eigenvalue weighted by Crippen LogP contribution is 2.26. The summed E-state index contributed by atoms with van der Waals surface area (Å²) in [6.45, 7) is 0. The maximum atomic E-state index is 9.48. The van der Waals surface area contributed by atoms with Crippen LogP contribution in [0.1, 0.15) is 12.8 Å². The lowest BCUT2D eigenvalue weighted by molar-refractivity contribution is 0.230. The summed E-state index contributed by atoms with van der Waals surface area (Å²) < 4.78 is 0. The van der Waals surface area contributed by atoms with Gasteiger partial charge in [0.25, 0.3) is 0 Å². The summed E-state index contributed by atoms with van der Waals surface area (Å²) in [5.74, 6) is 0. The van der Waals surface area contributed by atoms with Crippen LogP contribution < -0.4 is 0 Å². The lowest BCUT2D eigenvalue weighted by Gasteiger charge is -2.16. The molecule has 0 aromatic heterocycles. The van der Waals surface area contributed by atoms with Gasteiger partial charge in [0.05, 0.1) is 17.4 Å². The first kappa shape index (κ1) is 7.26. The third-order valence-corrected chi connectivity index (χ3v) is 2.12. The van der Waals surface area contributed by atoms with Crippen molar-refractivity contribution in [3.8, 4) is 6.07 Å². The fourth-order valence-electron chi connectivity index (χ4n) is 1.50. The quantitative estimate of drug-likeness (QED) is 0.573. The highest BCUT2D eigenvalue weighted by Gasteiger charge is 2.26. The fraction of sp³-hybridized carbons (Fsp3) is 0.333. The minimum Gasteiger partial charge on any atom is -0.387 e. The molecule has 2 aliphatic rings. The summed E-state index contributed by atoms with van der Waals surface area (Å²) in [6, 6.07) is 2.05. The van der Waals surface area contributed by atoms with E-state index in [1.807, 2.05) is 6.08 Å². The molecule has 0 fully saturated rings. The average molecular weight is 160 g/mol. The molecule has 3 nitrogen and oxygen atoms in total. The zero-order valence-electron chi connectivity index (χ0n) is 6.49. The summed E-state index contributed by atoms with van der Waals surface area (Å²) in [4.78, 5) is 4.00. The van der Waals surface area contributed by atoms with Gasteiger partial charge in [0.15, 0.2) is 0 Å². The smallest absolute Gasteiger partial charge is 0.101 e. The normalized spacial score (nSPS) is 26.7. The third-order valence-electron chi connectivity index (χ3n) is 2.12. The standard InChI is InChI=1S/C9H8N2O/c10-4-6-5-11-9-7(6)2-1-3-8(9)12/h2,5,8,12H,1,3H2. The Morgan fingerprint density at radius 2 is 2.50 bits per heavy atom. The molecule has 0 radical (unpaired) electrons. The second kappa shape index (κ2) is 2.58. The number of aliphatic hydroxyl groups is 1. The summed E-state index contributed by atoms with van der Waals surface area (Å²) in [7, 11) is 0. The molecular formula is C9H8N2O. The molecule has 1 aliphatic heterocycles. The zero-order valence-corrected chi connectivity index (χ0v) is 6.49. The first-order valence-electron chi connectivity index (χ1n) is 3.90. The van der Waals surface area contributed by atoms with E-state index in [0.29, 0.717) is 11.3 Å². The van der Waals surface area contributed by atoms with Crippen LogP contribution in [-0.4, -0.2) is 16.9 Å². The van der Waals surface area contributed by atoms with E-state index >= 15 is 0 Å². The van der Waals surface area contributed by atoms with E-state index in [-0.39, 0.29) is 0 Å². The number of aliphatic hydroxyl groups excluding tert-OH is 1. The second-order valence-corrected chi connectivity index (χ2v) is 2.88. The van der Waals surface area contributed by atoms with Crippen molar-refractivity contribution >= 4 is 5.71 Å². The molecule has 0 aromatic carbocycles. The van der Waals surface area contributed by atoms with Crippen LogP contribution in [0.25, 0.3) is 0 Å². The second-order valence-electron chi connectivity index (χ2n) is 2.88. The number of allylic oxidation sites excluding steroid dienone is 2. The molecule has 60 valence electrons. The van der Waals surface area contributed by atoms with Crippen LogP contribution in [0.2, 0.25) is 0 Å². The van der Waals surface area contributed by atoms with E-state index < -0.39 is 6.10 Å². The maximum absolute atomic E-state index is 9.48. The van der Waals surface area contributed by atoms with Crippen LogP contribution in [0.15, 0.2) is 28.4 Å². The van der Waals surface area contributed by atoms with Crippen molar-refractivity contribution in [3.63, 3.8) is 0 Å². The highest BCUT2D eigenvalue weighted by atomic mass is 16.3. The third kappa shape index (κ3) is 0.892. The number of nitriles is 1. The fourth-order valence-corrected chi connectivity index (χ4v) is 1.50. The van der Waals surface area contributed by atoms with Crippen molar-refractivity contribution in [3.05, 3.63) is 23.4 Å². The molecule has 0 bridgehead atoms. The van der Waals surface area contributed by atoms with Crippen LogP contribution in [0.4, 0.5) is 0 Å². The van der Waals surface area contributed by atoms with Crippen LogP contribution in [-0.2, 0) is 0 Å². The van der Waals surface area contributed by atoms with E-state index in [9.17, 15) is 5.11 Å². The molecule has 0 saturated heterocycles. The Labute approximate surface area is 70.4 Å². The van der Waals surface area contributed by atoms with Gasteiger partial charge in [-0.15, -0.1) is 0 Å². The Morgan fingerprint density at radius 1 is 1.67 bits per heavy atom. The van der Waals surface area contributed by atoms with Crippen LogP contribution in [0, 0.1) is 11.3 Å². The molecule has 0 spiro atoms. The molecule has 1 atom stereocenters. The SMILES string of the molecule is N#CC1=CN=C2C1=CCCC2O. The van der Waals surface area contributed by atoms with Gasteiger partial charge in [0.2, 0.25) is 0 Å². The van der Waals surface area contributed by atoms with Crippen molar-refractivity contribution in [2.75, 3.05) is 0 Å². The minimum atomic E-state index is -0.480. The molecule has 2 rings (SSSR count). The largest absolute Gasteiger partial charge is 0.387 e. The highest BCUT2D eigenvalue weighted by molar-refractivity contribution is 6.10. The number of nitrogens with zero attached hydrogens (tertiary/aromatic N) is 2. The summed E-state index contributed by atoms with van der Waals surface area (Å²) >= 11 is 0. The number of aliphatic imine (C=N–C) groups is 1. The number of fused-ring (bicyclic) bond motifs is 1. The molecule has 0 saturated carbocycles. The van der Waals surface area contributed by atoms with E-state index in [4.69, 9.17) is 5.26 Å². The first-order valence-corrected chi connectivity index (χ1v) is 3.90. The van der Waals surface area contributed by atoms with Gasteiger partial charge in [-0.2, -0.15) is 5.26 Å². The Balaban J connectivity index is 2.39. The number of rotatable bonds is 0. The topological polar surface area (TPSA) is 56.4 Å². The summed E-state index contributed by atoms with van der Waals surface area (Å²) in [5.41, 5.74) is 2.07. The Hall–Kier alpha value is -1.40. The van der Waals surface area contributed by atoms with Gasteiger partial charge in [0.1, 0.15) is 6.07 Å². The monoisotopic (exact) mass is 160 g/mol. The van der Waals surface area contributed by atoms with E-state index in [0.717, 1.165) is 18.4 Å². The van der Waals surface area contributed by atoms with Gasteiger partial charge in [-0.1, -0.05) is 6.08 Å². The number of hydrogen-bond acceptors (Lipinski definition) is 3. The molecule has 1 heterocycles. The van der Waals surface area contributed by atoms with Gasteiger partial charge in [-0.3, -0.25) is 4.99 Å². The summed E-state index contributed by atoms with van der Waals surface area (Å²) in [6.07, 6.45) is 4.55. The lowest BCUT2D eigenvalue weighted by Crippen LogP contribution is -2.24.